The Morgan fingerprint density at radius 2 is 1.47 bits per heavy atom. The van der Waals surface area contributed by atoms with Crippen LogP contribution in [-0.2, 0) is 0 Å². The summed E-state index contributed by atoms with van der Waals surface area (Å²) in [6, 6.07) is 4.38. The highest BCUT2D eigenvalue weighted by Gasteiger charge is 2.08. The molecule has 0 aliphatic rings. The molecule has 4 nitrogen and oxygen atoms in total. The largest absolute Gasteiger partial charge is 0.486 e. The van der Waals surface area contributed by atoms with E-state index in [0.29, 0.717) is 5.56 Å². The second-order valence-corrected chi connectivity index (χ2v) is 8.92. The van der Waals surface area contributed by atoms with E-state index < -0.39 is 5.82 Å². The van der Waals surface area contributed by atoms with Crippen LogP contribution in [0.15, 0.2) is 67.8 Å². The maximum Gasteiger partial charge on any atom is 0.185 e. The zero-order valence-electron chi connectivity index (χ0n) is 22.1. The van der Waals surface area contributed by atoms with Crippen molar-refractivity contribution in [3.63, 3.8) is 0 Å². The molecule has 0 radical (unpaired) electrons. The molecule has 0 unspecified atom stereocenters. The average molecular weight is 499 g/mol. The summed E-state index contributed by atoms with van der Waals surface area (Å²) in [5.74, 6) is -0.541. The lowest BCUT2D eigenvalue weighted by molar-refractivity contribution is 0.104. The number of halogens is 1. The van der Waals surface area contributed by atoms with Crippen molar-refractivity contribution >= 4 is 5.78 Å². The van der Waals surface area contributed by atoms with Crippen molar-refractivity contribution < 1.29 is 13.9 Å². The minimum atomic E-state index is -0.518. The van der Waals surface area contributed by atoms with Crippen molar-refractivity contribution in [2.75, 3.05) is 32.8 Å². The summed E-state index contributed by atoms with van der Waals surface area (Å²) >= 11 is 0. The highest BCUT2D eigenvalue weighted by atomic mass is 19.1. The summed E-state index contributed by atoms with van der Waals surface area (Å²) in [7, 11) is 0. The molecule has 0 saturated heterocycles. The van der Waals surface area contributed by atoms with Crippen molar-refractivity contribution in [2.45, 2.75) is 70.6 Å². The molecule has 0 aromatic heterocycles. The normalized spacial score (nSPS) is 11.4. The van der Waals surface area contributed by atoms with Gasteiger partial charge in [-0.3, -0.25) is 4.79 Å². The smallest absolute Gasteiger partial charge is 0.185 e. The Morgan fingerprint density at radius 3 is 2.17 bits per heavy atom. The Kier molecular flexibility index (Phi) is 20.1. The molecule has 200 valence electrons. The van der Waals surface area contributed by atoms with E-state index in [-0.39, 0.29) is 18.1 Å². The first kappa shape index (κ1) is 31.5. The van der Waals surface area contributed by atoms with Gasteiger partial charge in [0.05, 0.1) is 0 Å². The van der Waals surface area contributed by atoms with Crippen molar-refractivity contribution in [1.29, 1.82) is 0 Å². The zero-order chi connectivity index (χ0) is 26.1. The first-order valence-electron chi connectivity index (χ1n) is 13.6. The van der Waals surface area contributed by atoms with Crippen molar-refractivity contribution in [1.82, 2.24) is 10.6 Å². The van der Waals surface area contributed by atoms with Gasteiger partial charge in [-0.2, -0.15) is 0 Å². The monoisotopic (exact) mass is 498 g/mol. The Hall–Kier alpha value is -2.50. The number of nitrogens with one attached hydrogen (secondary N) is 2. The number of ether oxygens (including phenoxy) is 1. The third-order valence-corrected chi connectivity index (χ3v) is 5.77. The minimum Gasteiger partial charge on any atom is -0.486 e. The fraction of sp³-hybridized carbons (Fsp3) is 0.516. The van der Waals surface area contributed by atoms with Gasteiger partial charge in [0.25, 0.3) is 0 Å². The van der Waals surface area contributed by atoms with E-state index >= 15 is 0 Å². The SMILES string of the molecule is C=CCCNCC=CCOc1ccc(C(=O)C=CCCCCCCCCCCNCCC=C)cc1F. The number of carbonyl (C=O) groups excluding carboxylic acids is 1. The number of unbranched alkanes of at least 4 members (excludes halogenated alkanes) is 8. The lowest BCUT2D eigenvalue weighted by Gasteiger charge is -2.06. The summed E-state index contributed by atoms with van der Waals surface area (Å²) in [4.78, 5) is 12.3. The van der Waals surface area contributed by atoms with Gasteiger partial charge < -0.3 is 15.4 Å². The quantitative estimate of drug-likeness (QED) is 0.0677. The topological polar surface area (TPSA) is 50.4 Å². The second kappa shape index (κ2) is 22.9. The number of benzene rings is 1. The Labute approximate surface area is 218 Å². The third kappa shape index (κ3) is 17.0. The lowest BCUT2D eigenvalue weighted by Crippen LogP contribution is -2.15. The van der Waals surface area contributed by atoms with Crippen LogP contribution in [0.1, 0.15) is 81.0 Å². The molecule has 0 fully saturated rings. The van der Waals surface area contributed by atoms with Crippen LogP contribution < -0.4 is 15.4 Å². The van der Waals surface area contributed by atoms with Gasteiger partial charge in [-0.25, -0.2) is 4.39 Å². The fourth-order valence-corrected chi connectivity index (χ4v) is 3.64. The molecule has 36 heavy (non-hydrogen) atoms. The van der Waals surface area contributed by atoms with E-state index in [1.807, 2.05) is 30.4 Å². The molecule has 0 aliphatic heterocycles. The molecule has 1 aromatic carbocycles. The molecule has 2 N–H and O–H groups in total. The number of hydrogen-bond donors (Lipinski definition) is 2. The number of rotatable bonds is 24. The Morgan fingerprint density at radius 1 is 0.806 bits per heavy atom. The van der Waals surface area contributed by atoms with Crippen LogP contribution in [0.4, 0.5) is 4.39 Å². The standard InChI is InChI=1S/C31H47FN2O2/c1-3-5-22-33-24-16-14-12-10-8-7-9-11-13-15-19-30(35)28-20-21-31(29(32)27-28)36-26-18-17-25-34-23-6-4-2/h3-4,15,17-21,27,33-34H,1-2,5-14,16,22-26H2. The zero-order valence-corrected chi connectivity index (χ0v) is 22.1. The van der Waals surface area contributed by atoms with Crippen LogP contribution in [0.25, 0.3) is 0 Å². The van der Waals surface area contributed by atoms with Gasteiger partial charge in [-0.15, -0.1) is 13.2 Å². The summed E-state index contributed by atoms with van der Waals surface area (Å²) < 4.78 is 19.7. The first-order valence-corrected chi connectivity index (χ1v) is 13.6. The maximum atomic E-state index is 14.3. The molecule has 0 aliphatic carbocycles. The molecule has 1 rings (SSSR count). The van der Waals surface area contributed by atoms with E-state index in [1.54, 1.807) is 12.1 Å². The van der Waals surface area contributed by atoms with Crippen molar-refractivity contribution in [2.24, 2.45) is 0 Å². The summed E-state index contributed by atoms with van der Waals surface area (Å²) in [6.07, 6.45) is 23.8. The molecule has 0 heterocycles. The number of ketones is 1. The summed E-state index contributed by atoms with van der Waals surface area (Å²) in [6.45, 7) is 11.4. The molecule has 5 heteroatoms. The fourth-order valence-electron chi connectivity index (χ4n) is 3.64. The van der Waals surface area contributed by atoms with Crippen LogP contribution in [0.5, 0.6) is 5.75 Å². The number of allylic oxidation sites excluding steroid dienone is 2. The molecular formula is C31H47FN2O2. The van der Waals surface area contributed by atoms with Gasteiger partial charge in [0, 0.05) is 12.1 Å². The van der Waals surface area contributed by atoms with Crippen LogP contribution in [0.2, 0.25) is 0 Å². The van der Waals surface area contributed by atoms with Gasteiger partial charge in [-0.05, 0) is 76.0 Å². The van der Waals surface area contributed by atoms with Crippen LogP contribution in [0.3, 0.4) is 0 Å². The molecule has 0 spiro atoms. The van der Waals surface area contributed by atoms with E-state index in [4.69, 9.17) is 4.74 Å². The second-order valence-electron chi connectivity index (χ2n) is 8.92. The van der Waals surface area contributed by atoms with Crippen LogP contribution in [-0.4, -0.2) is 38.6 Å². The molecule has 0 bridgehead atoms. The van der Waals surface area contributed by atoms with Crippen LogP contribution in [0, 0.1) is 5.82 Å². The Bertz CT molecular complexity index is 789. The minimum absolute atomic E-state index is 0.153. The van der Waals surface area contributed by atoms with Crippen molar-refractivity contribution in [3.8, 4) is 5.75 Å². The predicted molar refractivity (Wildman–Crippen MR) is 151 cm³/mol. The molecule has 1 aromatic rings. The molecule has 0 atom stereocenters. The van der Waals surface area contributed by atoms with E-state index in [1.165, 1.54) is 57.1 Å². The third-order valence-electron chi connectivity index (χ3n) is 5.77. The van der Waals surface area contributed by atoms with Gasteiger partial charge in [-0.1, -0.05) is 68.9 Å². The molecule has 0 saturated carbocycles. The van der Waals surface area contributed by atoms with Gasteiger partial charge in [0.15, 0.2) is 17.3 Å². The summed E-state index contributed by atoms with van der Waals surface area (Å²) in [5.41, 5.74) is 0.342. The average Bonchev–Trinajstić information content (AvgIpc) is 2.88. The van der Waals surface area contributed by atoms with Gasteiger partial charge in [0.2, 0.25) is 0 Å². The van der Waals surface area contributed by atoms with Gasteiger partial charge >= 0.3 is 0 Å². The van der Waals surface area contributed by atoms with Crippen LogP contribution >= 0.6 is 0 Å². The van der Waals surface area contributed by atoms with Gasteiger partial charge in [0.1, 0.15) is 6.61 Å². The van der Waals surface area contributed by atoms with Crippen molar-refractivity contribution in [3.05, 3.63) is 79.2 Å². The first-order chi connectivity index (χ1) is 17.7. The highest BCUT2D eigenvalue weighted by Crippen LogP contribution is 2.19. The highest BCUT2D eigenvalue weighted by molar-refractivity contribution is 6.04. The summed E-state index contributed by atoms with van der Waals surface area (Å²) in [5, 5.41) is 6.65. The lowest BCUT2D eigenvalue weighted by atomic mass is 10.1. The predicted octanol–water partition coefficient (Wildman–Crippen LogP) is 7.34. The number of hydrogen-bond acceptors (Lipinski definition) is 4. The maximum absolute atomic E-state index is 14.3. The molecule has 0 amide bonds. The molecular weight excluding hydrogens is 451 g/mol. The van der Waals surface area contributed by atoms with E-state index in [9.17, 15) is 9.18 Å². The number of carbonyl (C=O) groups is 1. The van der Waals surface area contributed by atoms with E-state index in [0.717, 1.165) is 51.9 Å². The Balaban J connectivity index is 2.11. The van der Waals surface area contributed by atoms with E-state index in [2.05, 4.69) is 23.8 Å².